The van der Waals surface area contributed by atoms with Gasteiger partial charge in [-0.05, 0) is 26.2 Å². The van der Waals surface area contributed by atoms with Crippen LogP contribution in [-0.4, -0.2) is 43.7 Å². The molecule has 0 radical (unpaired) electrons. The number of nitrogens with zero attached hydrogens (tertiary/aromatic N) is 1. The molecule has 0 bridgehead atoms. The van der Waals surface area contributed by atoms with E-state index in [1.54, 1.807) is 0 Å². The molecule has 1 fully saturated rings. The third-order valence-corrected chi connectivity index (χ3v) is 2.71. The lowest BCUT2D eigenvalue weighted by Gasteiger charge is -2.36. The van der Waals surface area contributed by atoms with Gasteiger partial charge in [0.2, 0.25) is 0 Å². The first-order valence-corrected chi connectivity index (χ1v) is 5.15. The molecular formula is C10H20BrNO2. The molecule has 1 aliphatic heterocycles. The second-order valence-corrected chi connectivity index (χ2v) is 4.09. The third-order valence-electron chi connectivity index (χ3n) is 2.71. The Balaban J connectivity index is 0.00000169. The van der Waals surface area contributed by atoms with Gasteiger partial charge >= 0.3 is 5.97 Å². The number of quaternary nitrogens is 1. The number of piperidine rings is 1. The number of rotatable bonds is 3. The number of ether oxygens (including phenoxy) is 1. The molecule has 0 atom stereocenters. The van der Waals surface area contributed by atoms with Gasteiger partial charge in [-0.2, -0.15) is 0 Å². The van der Waals surface area contributed by atoms with E-state index in [1.165, 1.54) is 19.3 Å². The van der Waals surface area contributed by atoms with Crippen LogP contribution in [0.25, 0.3) is 0 Å². The topological polar surface area (TPSA) is 26.3 Å². The molecule has 1 heterocycles. The van der Waals surface area contributed by atoms with Crippen LogP contribution in [0, 0.1) is 0 Å². The van der Waals surface area contributed by atoms with Gasteiger partial charge in [0.15, 0.2) is 6.54 Å². The fourth-order valence-electron chi connectivity index (χ4n) is 1.95. The predicted molar refractivity (Wildman–Crippen MR) is 51.3 cm³/mol. The van der Waals surface area contributed by atoms with Gasteiger partial charge in [0, 0.05) is 0 Å². The highest BCUT2D eigenvalue weighted by Crippen LogP contribution is 2.15. The monoisotopic (exact) mass is 265 g/mol. The molecule has 0 unspecified atom stereocenters. The molecule has 0 aromatic rings. The van der Waals surface area contributed by atoms with Crippen molar-refractivity contribution < 1.29 is 31.0 Å². The molecule has 0 spiro atoms. The van der Waals surface area contributed by atoms with Crippen LogP contribution in [0.3, 0.4) is 0 Å². The summed E-state index contributed by atoms with van der Waals surface area (Å²) in [4.78, 5) is 11.3. The van der Waals surface area contributed by atoms with Crippen molar-refractivity contribution >= 4 is 5.97 Å². The molecule has 0 aromatic carbocycles. The Bertz CT molecular complexity index is 179. The molecule has 4 heteroatoms. The SMILES string of the molecule is CCOC(=O)C[N+]1(C)CCCCC1.[Br-]. The first-order valence-electron chi connectivity index (χ1n) is 5.15. The van der Waals surface area contributed by atoms with E-state index in [0.717, 1.165) is 17.6 Å². The van der Waals surface area contributed by atoms with Crippen LogP contribution in [-0.2, 0) is 9.53 Å². The van der Waals surface area contributed by atoms with Gasteiger partial charge in [-0.25, -0.2) is 4.79 Å². The highest BCUT2D eigenvalue weighted by molar-refractivity contribution is 5.70. The summed E-state index contributed by atoms with van der Waals surface area (Å²) < 4.78 is 5.83. The van der Waals surface area contributed by atoms with Crippen LogP contribution in [0.2, 0.25) is 0 Å². The lowest BCUT2D eigenvalue weighted by atomic mass is 10.1. The number of likely N-dealkylation sites (tertiary alicyclic amines) is 1. The lowest BCUT2D eigenvalue weighted by Crippen LogP contribution is -3.00. The standard InChI is InChI=1S/C10H20NO2.BrH/c1-3-13-10(12)9-11(2)7-5-4-6-8-11;/h3-9H2,1-2H3;1H/q+1;/p-1. The highest BCUT2D eigenvalue weighted by atomic mass is 79.9. The summed E-state index contributed by atoms with van der Waals surface area (Å²) in [5.41, 5.74) is 0. The van der Waals surface area contributed by atoms with E-state index in [9.17, 15) is 4.79 Å². The van der Waals surface area contributed by atoms with Crippen molar-refractivity contribution in [3.63, 3.8) is 0 Å². The Morgan fingerprint density at radius 1 is 1.29 bits per heavy atom. The van der Waals surface area contributed by atoms with Crippen molar-refractivity contribution in [2.45, 2.75) is 26.2 Å². The van der Waals surface area contributed by atoms with Crippen LogP contribution in [0.15, 0.2) is 0 Å². The van der Waals surface area contributed by atoms with Crippen LogP contribution in [0.1, 0.15) is 26.2 Å². The highest BCUT2D eigenvalue weighted by Gasteiger charge is 2.27. The zero-order valence-corrected chi connectivity index (χ0v) is 10.7. The van der Waals surface area contributed by atoms with Crippen molar-refractivity contribution in [3.8, 4) is 0 Å². The van der Waals surface area contributed by atoms with E-state index in [2.05, 4.69) is 7.05 Å². The number of hydrogen-bond donors (Lipinski definition) is 0. The molecular weight excluding hydrogens is 246 g/mol. The van der Waals surface area contributed by atoms with Crippen molar-refractivity contribution in [2.75, 3.05) is 33.3 Å². The Kier molecular flexibility index (Phi) is 6.36. The normalized spacial score (nSPS) is 19.6. The van der Waals surface area contributed by atoms with E-state index in [1.807, 2.05) is 6.92 Å². The van der Waals surface area contributed by atoms with Gasteiger partial charge in [0.25, 0.3) is 0 Å². The fraction of sp³-hybridized carbons (Fsp3) is 0.900. The maximum absolute atomic E-state index is 11.3. The largest absolute Gasteiger partial charge is 1.00 e. The van der Waals surface area contributed by atoms with Gasteiger partial charge in [-0.1, -0.05) is 0 Å². The third kappa shape index (κ3) is 4.42. The number of carbonyl (C=O) groups is 1. The molecule has 1 saturated heterocycles. The van der Waals surface area contributed by atoms with Crippen molar-refractivity contribution in [3.05, 3.63) is 0 Å². The number of likely N-dealkylation sites (N-methyl/N-ethyl adjacent to an activating group) is 1. The second-order valence-electron chi connectivity index (χ2n) is 4.09. The van der Waals surface area contributed by atoms with Crippen LogP contribution in [0.4, 0.5) is 0 Å². The predicted octanol–water partition coefficient (Wildman–Crippen LogP) is -1.82. The molecule has 0 aromatic heterocycles. The molecule has 14 heavy (non-hydrogen) atoms. The summed E-state index contributed by atoms with van der Waals surface area (Å²) in [5, 5.41) is 0. The van der Waals surface area contributed by atoms with E-state index in [4.69, 9.17) is 4.74 Å². The molecule has 1 aliphatic rings. The zero-order valence-electron chi connectivity index (χ0n) is 9.09. The molecule has 0 amide bonds. The molecule has 1 rings (SSSR count). The first-order chi connectivity index (χ1) is 6.16. The van der Waals surface area contributed by atoms with E-state index >= 15 is 0 Å². The fourth-order valence-corrected chi connectivity index (χ4v) is 1.95. The van der Waals surface area contributed by atoms with E-state index in [-0.39, 0.29) is 23.0 Å². The summed E-state index contributed by atoms with van der Waals surface area (Å²) >= 11 is 0. The van der Waals surface area contributed by atoms with Gasteiger partial charge in [-0.15, -0.1) is 0 Å². The molecule has 0 saturated carbocycles. The van der Waals surface area contributed by atoms with E-state index in [0.29, 0.717) is 13.2 Å². The lowest BCUT2D eigenvalue weighted by molar-refractivity contribution is -0.907. The summed E-state index contributed by atoms with van der Waals surface area (Å²) in [6.07, 6.45) is 3.81. The minimum absolute atomic E-state index is 0. The molecule has 0 N–H and O–H groups in total. The molecule has 0 aliphatic carbocycles. The minimum atomic E-state index is -0.0492. The Morgan fingerprint density at radius 3 is 2.36 bits per heavy atom. The first kappa shape index (κ1) is 13.9. The smallest absolute Gasteiger partial charge is 0.361 e. The number of halogens is 1. The molecule has 3 nitrogen and oxygen atoms in total. The van der Waals surface area contributed by atoms with Crippen LogP contribution in [0.5, 0.6) is 0 Å². The maximum atomic E-state index is 11.3. The number of carbonyl (C=O) groups excluding carboxylic acids is 1. The van der Waals surface area contributed by atoms with E-state index < -0.39 is 0 Å². The summed E-state index contributed by atoms with van der Waals surface area (Å²) in [5.74, 6) is -0.0492. The van der Waals surface area contributed by atoms with Gasteiger partial charge in [-0.3, -0.25) is 0 Å². The Hall–Kier alpha value is -0.0900. The summed E-state index contributed by atoms with van der Waals surface area (Å²) in [7, 11) is 2.15. The van der Waals surface area contributed by atoms with Gasteiger partial charge < -0.3 is 26.2 Å². The van der Waals surface area contributed by atoms with Gasteiger partial charge in [0.1, 0.15) is 0 Å². The Labute approximate surface area is 96.8 Å². The van der Waals surface area contributed by atoms with Crippen molar-refractivity contribution in [1.29, 1.82) is 0 Å². The minimum Gasteiger partial charge on any atom is -1.00 e. The molecule has 84 valence electrons. The summed E-state index contributed by atoms with van der Waals surface area (Å²) in [6, 6.07) is 0. The summed E-state index contributed by atoms with van der Waals surface area (Å²) in [6.45, 7) is 5.15. The second kappa shape index (κ2) is 6.40. The van der Waals surface area contributed by atoms with Crippen molar-refractivity contribution in [2.24, 2.45) is 0 Å². The average molecular weight is 266 g/mol. The van der Waals surface area contributed by atoms with Gasteiger partial charge in [0.05, 0.1) is 26.7 Å². The number of hydrogen-bond acceptors (Lipinski definition) is 2. The average Bonchev–Trinajstić information content (AvgIpc) is 2.04. The number of esters is 1. The zero-order chi connectivity index (χ0) is 9.73. The van der Waals surface area contributed by atoms with Crippen LogP contribution >= 0.6 is 0 Å². The van der Waals surface area contributed by atoms with Crippen molar-refractivity contribution in [1.82, 2.24) is 0 Å². The Morgan fingerprint density at radius 2 is 1.86 bits per heavy atom. The van der Waals surface area contributed by atoms with Crippen LogP contribution < -0.4 is 17.0 Å². The quantitative estimate of drug-likeness (QED) is 0.444. The maximum Gasteiger partial charge on any atom is 0.361 e.